The molecule has 1 aliphatic rings. The molecule has 0 aliphatic carbocycles. The number of ether oxygens (including phenoxy) is 1. The Morgan fingerprint density at radius 2 is 1.90 bits per heavy atom. The van der Waals surface area contributed by atoms with Gasteiger partial charge in [-0.05, 0) is 40.2 Å². The van der Waals surface area contributed by atoms with Crippen LogP contribution in [-0.4, -0.2) is 34.8 Å². The molecule has 4 nitrogen and oxygen atoms in total. The van der Waals surface area contributed by atoms with Gasteiger partial charge in [-0.1, -0.05) is 29.8 Å². The predicted molar refractivity (Wildman–Crippen MR) is 82.0 cm³/mol. The van der Waals surface area contributed by atoms with E-state index in [1.54, 1.807) is 4.90 Å². The summed E-state index contributed by atoms with van der Waals surface area (Å²) in [5.41, 5.74) is 0.610. The van der Waals surface area contributed by atoms with Crippen LogP contribution in [-0.2, 0) is 10.3 Å². The van der Waals surface area contributed by atoms with E-state index >= 15 is 0 Å². The van der Waals surface area contributed by atoms with Crippen LogP contribution >= 0.6 is 0 Å². The number of rotatable bonds is 2. The number of nitrogens with zero attached hydrogens (tertiary/aromatic N) is 1. The summed E-state index contributed by atoms with van der Waals surface area (Å²) in [7, 11) is 0. The molecule has 116 valence electrons. The monoisotopic (exact) mass is 291 g/mol. The standard InChI is InChI=1S/C17H25NO3/c1-12-7-6-8-13(9-12)17(5,20)14-10-18(11-14)15(19)21-16(2,3)4/h6-9,14,20H,10-11H2,1-5H3. The molecular weight excluding hydrogens is 266 g/mol. The molecule has 1 amide bonds. The topological polar surface area (TPSA) is 49.8 Å². The van der Waals surface area contributed by atoms with Crippen LogP contribution in [0.4, 0.5) is 4.79 Å². The number of carbonyl (C=O) groups excluding carboxylic acids is 1. The van der Waals surface area contributed by atoms with Gasteiger partial charge in [0.1, 0.15) is 5.60 Å². The zero-order valence-corrected chi connectivity index (χ0v) is 13.5. The number of carbonyl (C=O) groups is 1. The minimum atomic E-state index is -0.926. The van der Waals surface area contributed by atoms with Gasteiger partial charge in [0.15, 0.2) is 0 Å². The molecule has 0 saturated carbocycles. The predicted octanol–water partition coefficient (Wildman–Crippen LogP) is 3.07. The molecule has 1 fully saturated rings. The summed E-state index contributed by atoms with van der Waals surface area (Å²) in [5.74, 6) is 0.0341. The van der Waals surface area contributed by atoms with Crippen molar-refractivity contribution in [2.75, 3.05) is 13.1 Å². The fourth-order valence-corrected chi connectivity index (χ4v) is 2.51. The van der Waals surface area contributed by atoms with Crippen LogP contribution in [0.15, 0.2) is 24.3 Å². The Labute approximate surface area is 126 Å². The second-order valence-electron chi connectivity index (χ2n) is 7.10. The van der Waals surface area contributed by atoms with Gasteiger partial charge in [-0.3, -0.25) is 0 Å². The number of hydrogen-bond acceptors (Lipinski definition) is 3. The molecule has 1 aliphatic heterocycles. The number of benzene rings is 1. The molecule has 1 heterocycles. The fraction of sp³-hybridized carbons (Fsp3) is 0.588. The zero-order chi connectivity index (χ0) is 15.8. The molecular formula is C17H25NO3. The van der Waals surface area contributed by atoms with E-state index in [1.165, 1.54) is 0 Å². The lowest BCUT2D eigenvalue weighted by Gasteiger charge is -2.46. The van der Waals surface area contributed by atoms with E-state index in [1.807, 2.05) is 58.9 Å². The van der Waals surface area contributed by atoms with Gasteiger partial charge >= 0.3 is 6.09 Å². The van der Waals surface area contributed by atoms with Gasteiger partial charge in [-0.15, -0.1) is 0 Å². The van der Waals surface area contributed by atoms with Gasteiger partial charge < -0.3 is 14.7 Å². The number of amides is 1. The first-order valence-corrected chi connectivity index (χ1v) is 7.37. The van der Waals surface area contributed by atoms with Crippen LogP contribution < -0.4 is 0 Å². The van der Waals surface area contributed by atoms with E-state index in [4.69, 9.17) is 4.74 Å². The maximum absolute atomic E-state index is 11.9. The average molecular weight is 291 g/mol. The first kappa shape index (κ1) is 15.8. The Balaban J connectivity index is 1.99. The third-order valence-corrected chi connectivity index (χ3v) is 3.93. The third-order valence-electron chi connectivity index (χ3n) is 3.93. The normalized spacial score (nSPS) is 18.9. The van der Waals surface area contributed by atoms with Crippen LogP contribution in [0.3, 0.4) is 0 Å². The first-order valence-electron chi connectivity index (χ1n) is 7.37. The SMILES string of the molecule is Cc1cccc(C(C)(O)C2CN(C(=O)OC(C)(C)C)C2)c1. The summed E-state index contributed by atoms with van der Waals surface area (Å²) < 4.78 is 5.33. The van der Waals surface area contributed by atoms with Crippen molar-refractivity contribution in [3.05, 3.63) is 35.4 Å². The Morgan fingerprint density at radius 1 is 1.29 bits per heavy atom. The minimum absolute atomic E-state index is 0.0341. The Kier molecular flexibility index (Phi) is 4.02. The minimum Gasteiger partial charge on any atom is -0.444 e. The van der Waals surface area contributed by atoms with E-state index in [2.05, 4.69) is 0 Å². The summed E-state index contributed by atoms with van der Waals surface area (Å²) in [6.07, 6.45) is -0.307. The molecule has 0 spiro atoms. The summed E-state index contributed by atoms with van der Waals surface area (Å²) in [6, 6.07) is 7.88. The van der Waals surface area contributed by atoms with Crippen LogP contribution in [0, 0.1) is 12.8 Å². The van der Waals surface area contributed by atoms with E-state index in [0.29, 0.717) is 13.1 Å². The summed E-state index contributed by atoms with van der Waals surface area (Å²) in [6.45, 7) is 10.4. The van der Waals surface area contributed by atoms with Crippen LogP contribution in [0.1, 0.15) is 38.8 Å². The van der Waals surface area contributed by atoms with Crippen molar-refractivity contribution in [3.8, 4) is 0 Å². The molecule has 1 saturated heterocycles. The van der Waals surface area contributed by atoms with E-state index in [0.717, 1.165) is 11.1 Å². The van der Waals surface area contributed by atoms with Gasteiger partial charge in [0.05, 0.1) is 5.60 Å². The second-order valence-corrected chi connectivity index (χ2v) is 7.10. The van der Waals surface area contributed by atoms with Gasteiger partial charge in [0, 0.05) is 19.0 Å². The Morgan fingerprint density at radius 3 is 2.43 bits per heavy atom. The molecule has 1 aromatic rings. The van der Waals surface area contributed by atoms with Gasteiger partial charge in [-0.2, -0.15) is 0 Å². The summed E-state index contributed by atoms with van der Waals surface area (Å²) in [5, 5.41) is 10.8. The van der Waals surface area contributed by atoms with Gasteiger partial charge in [0.2, 0.25) is 0 Å². The summed E-state index contributed by atoms with van der Waals surface area (Å²) >= 11 is 0. The number of likely N-dealkylation sites (tertiary alicyclic amines) is 1. The largest absolute Gasteiger partial charge is 0.444 e. The van der Waals surface area contributed by atoms with Crippen molar-refractivity contribution in [3.63, 3.8) is 0 Å². The van der Waals surface area contributed by atoms with Crippen LogP contribution in [0.25, 0.3) is 0 Å². The molecule has 2 rings (SSSR count). The third kappa shape index (κ3) is 3.56. The smallest absolute Gasteiger partial charge is 0.410 e. The molecule has 1 unspecified atom stereocenters. The Bertz CT molecular complexity index is 525. The van der Waals surface area contributed by atoms with E-state index in [9.17, 15) is 9.90 Å². The molecule has 4 heteroatoms. The average Bonchev–Trinajstić information content (AvgIpc) is 2.23. The highest BCUT2D eigenvalue weighted by atomic mass is 16.6. The van der Waals surface area contributed by atoms with Crippen molar-refractivity contribution < 1.29 is 14.6 Å². The highest BCUT2D eigenvalue weighted by molar-refractivity contribution is 5.69. The molecule has 21 heavy (non-hydrogen) atoms. The lowest BCUT2D eigenvalue weighted by molar-refractivity contribution is -0.0815. The van der Waals surface area contributed by atoms with Gasteiger partial charge in [0.25, 0.3) is 0 Å². The van der Waals surface area contributed by atoms with Crippen molar-refractivity contribution in [2.24, 2.45) is 5.92 Å². The zero-order valence-electron chi connectivity index (χ0n) is 13.5. The van der Waals surface area contributed by atoms with E-state index < -0.39 is 11.2 Å². The van der Waals surface area contributed by atoms with Crippen molar-refractivity contribution in [1.29, 1.82) is 0 Å². The highest BCUT2D eigenvalue weighted by Crippen LogP contribution is 2.36. The van der Waals surface area contributed by atoms with Crippen LogP contribution in [0.5, 0.6) is 0 Å². The quantitative estimate of drug-likeness (QED) is 0.911. The summed E-state index contributed by atoms with van der Waals surface area (Å²) in [4.78, 5) is 13.6. The molecule has 1 N–H and O–H groups in total. The molecule has 0 radical (unpaired) electrons. The number of hydrogen-bond donors (Lipinski definition) is 1. The number of aliphatic hydroxyl groups is 1. The maximum atomic E-state index is 11.9. The molecule has 1 aromatic carbocycles. The van der Waals surface area contributed by atoms with E-state index in [-0.39, 0.29) is 12.0 Å². The lowest BCUT2D eigenvalue weighted by Crippen LogP contribution is -2.58. The molecule has 0 bridgehead atoms. The lowest BCUT2D eigenvalue weighted by atomic mass is 9.78. The van der Waals surface area contributed by atoms with Crippen LogP contribution in [0.2, 0.25) is 0 Å². The fourth-order valence-electron chi connectivity index (χ4n) is 2.51. The number of aryl methyl sites for hydroxylation is 1. The van der Waals surface area contributed by atoms with Gasteiger partial charge in [-0.25, -0.2) is 4.79 Å². The molecule has 0 aromatic heterocycles. The van der Waals surface area contributed by atoms with Crippen molar-refractivity contribution in [1.82, 2.24) is 4.90 Å². The van der Waals surface area contributed by atoms with Crippen molar-refractivity contribution >= 4 is 6.09 Å². The maximum Gasteiger partial charge on any atom is 0.410 e. The highest BCUT2D eigenvalue weighted by Gasteiger charge is 2.44. The Hall–Kier alpha value is -1.55. The first-order chi connectivity index (χ1) is 9.59. The molecule has 1 atom stereocenters. The van der Waals surface area contributed by atoms with Crippen molar-refractivity contribution in [2.45, 2.75) is 45.8 Å². The second kappa shape index (κ2) is 5.34.